The molecule has 0 radical (unpaired) electrons. The first-order valence-corrected chi connectivity index (χ1v) is 11.9. The van der Waals surface area contributed by atoms with Crippen LogP contribution in [-0.2, 0) is 9.59 Å². The molecule has 2 N–H and O–H groups in total. The first-order valence-electron chi connectivity index (χ1n) is 11.9. The quantitative estimate of drug-likeness (QED) is 0.335. The number of rotatable bonds is 9. The summed E-state index contributed by atoms with van der Waals surface area (Å²) in [5.74, 6) is 2.69. The van der Waals surface area contributed by atoms with Gasteiger partial charge in [-0.2, -0.15) is 0 Å². The summed E-state index contributed by atoms with van der Waals surface area (Å²) in [7, 11) is 0. The monoisotopic (exact) mass is 474 g/mol. The van der Waals surface area contributed by atoms with E-state index in [-0.39, 0.29) is 29.6 Å². The topological polar surface area (TPSA) is 76.7 Å². The fraction of sp³-hybridized carbons (Fsp3) is 0.310. The molecule has 6 heteroatoms. The highest BCUT2D eigenvalue weighted by Crippen LogP contribution is 2.33. The van der Waals surface area contributed by atoms with Crippen LogP contribution in [0.2, 0.25) is 0 Å². The lowest BCUT2D eigenvalue weighted by molar-refractivity contribution is -0.119. The van der Waals surface area contributed by atoms with Gasteiger partial charge in [0.15, 0.2) is 0 Å². The standard InChI is InChI=1S/C29H34N2O4/c1-18(2)21-15-26(34-24-11-7-22(8-12-24)30-28(32)19(3)4)17-27(16-21)35-25-13-9-23(10-14-25)31-29(33)20(5)6/h7-20H,1-6H3,(H,30,32)(H,31,33). The van der Waals surface area contributed by atoms with E-state index in [4.69, 9.17) is 9.47 Å². The second-order valence-corrected chi connectivity index (χ2v) is 9.43. The molecule has 0 aliphatic rings. The van der Waals surface area contributed by atoms with Crippen molar-refractivity contribution in [3.8, 4) is 23.0 Å². The van der Waals surface area contributed by atoms with Crippen LogP contribution < -0.4 is 20.1 Å². The minimum absolute atomic E-state index is 0.0274. The van der Waals surface area contributed by atoms with Crippen molar-refractivity contribution in [3.05, 3.63) is 72.3 Å². The van der Waals surface area contributed by atoms with Crippen molar-refractivity contribution in [2.24, 2.45) is 11.8 Å². The zero-order chi connectivity index (χ0) is 25.5. The molecule has 0 aromatic heterocycles. The van der Waals surface area contributed by atoms with Gasteiger partial charge in [-0.05, 0) is 72.1 Å². The van der Waals surface area contributed by atoms with Gasteiger partial charge < -0.3 is 20.1 Å². The number of carbonyl (C=O) groups excluding carboxylic acids is 2. The zero-order valence-electron chi connectivity index (χ0n) is 21.2. The lowest BCUT2D eigenvalue weighted by Crippen LogP contribution is -2.17. The molecule has 3 aromatic carbocycles. The fourth-order valence-corrected chi connectivity index (χ4v) is 3.10. The molecule has 2 amide bonds. The summed E-state index contributed by atoms with van der Waals surface area (Å²) in [6.07, 6.45) is 0. The van der Waals surface area contributed by atoms with E-state index in [0.29, 0.717) is 23.0 Å². The zero-order valence-corrected chi connectivity index (χ0v) is 21.2. The van der Waals surface area contributed by atoms with Crippen LogP contribution >= 0.6 is 0 Å². The minimum Gasteiger partial charge on any atom is -0.457 e. The van der Waals surface area contributed by atoms with Crippen LogP contribution in [0, 0.1) is 11.8 Å². The molecule has 35 heavy (non-hydrogen) atoms. The van der Waals surface area contributed by atoms with E-state index in [1.807, 2.05) is 94.4 Å². The molecule has 0 bridgehead atoms. The molecule has 0 fully saturated rings. The van der Waals surface area contributed by atoms with Gasteiger partial charge >= 0.3 is 0 Å². The van der Waals surface area contributed by atoms with E-state index in [1.54, 1.807) is 0 Å². The molecule has 0 atom stereocenters. The van der Waals surface area contributed by atoms with E-state index in [0.717, 1.165) is 16.9 Å². The highest BCUT2D eigenvalue weighted by molar-refractivity contribution is 5.92. The van der Waals surface area contributed by atoms with Crippen LogP contribution in [0.5, 0.6) is 23.0 Å². The summed E-state index contributed by atoms with van der Waals surface area (Å²) in [5.41, 5.74) is 2.53. The Morgan fingerprint density at radius 2 is 0.943 bits per heavy atom. The number of benzene rings is 3. The Hall–Kier alpha value is -3.80. The smallest absolute Gasteiger partial charge is 0.226 e. The summed E-state index contributed by atoms with van der Waals surface area (Å²) in [5, 5.41) is 5.75. The Labute approximate surface area is 207 Å². The number of ether oxygens (including phenoxy) is 2. The first kappa shape index (κ1) is 25.8. The first-order chi connectivity index (χ1) is 16.6. The average molecular weight is 475 g/mol. The Balaban J connectivity index is 1.74. The van der Waals surface area contributed by atoms with Crippen LogP contribution in [0.4, 0.5) is 11.4 Å². The van der Waals surface area contributed by atoms with E-state index in [1.165, 1.54) is 0 Å². The number of nitrogens with one attached hydrogen (secondary N) is 2. The summed E-state index contributed by atoms with van der Waals surface area (Å²) < 4.78 is 12.2. The van der Waals surface area contributed by atoms with Crippen LogP contribution in [0.25, 0.3) is 0 Å². The van der Waals surface area contributed by atoms with E-state index >= 15 is 0 Å². The van der Waals surface area contributed by atoms with Crippen molar-refractivity contribution in [1.29, 1.82) is 0 Å². The molecule has 0 aliphatic heterocycles. The molecule has 0 heterocycles. The fourth-order valence-electron chi connectivity index (χ4n) is 3.10. The molecule has 3 aromatic rings. The van der Waals surface area contributed by atoms with Crippen LogP contribution in [0.15, 0.2) is 66.7 Å². The Morgan fingerprint density at radius 3 is 1.26 bits per heavy atom. The minimum atomic E-state index is -0.0851. The Morgan fingerprint density at radius 1 is 0.571 bits per heavy atom. The van der Waals surface area contributed by atoms with Crippen molar-refractivity contribution >= 4 is 23.2 Å². The predicted octanol–water partition coefficient (Wildman–Crippen LogP) is 7.58. The highest BCUT2D eigenvalue weighted by Gasteiger charge is 2.11. The van der Waals surface area contributed by atoms with Crippen LogP contribution in [-0.4, -0.2) is 11.8 Å². The molecular weight excluding hydrogens is 440 g/mol. The van der Waals surface area contributed by atoms with Crippen molar-refractivity contribution in [3.63, 3.8) is 0 Å². The Bertz CT molecular complexity index is 1060. The third-order valence-electron chi connectivity index (χ3n) is 5.33. The summed E-state index contributed by atoms with van der Waals surface area (Å²) >= 11 is 0. The van der Waals surface area contributed by atoms with Crippen molar-refractivity contribution in [2.75, 3.05) is 10.6 Å². The maximum absolute atomic E-state index is 11.9. The molecule has 0 unspecified atom stereocenters. The second kappa shape index (κ2) is 11.6. The second-order valence-electron chi connectivity index (χ2n) is 9.43. The normalized spacial score (nSPS) is 11.0. The third-order valence-corrected chi connectivity index (χ3v) is 5.33. The largest absolute Gasteiger partial charge is 0.457 e. The van der Waals surface area contributed by atoms with Gasteiger partial charge in [-0.15, -0.1) is 0 Å². The summed E-state index contributed by atoms with van der Waals surface area (Å²) in [6.45, 7) is 11.6. The van der Waals surface area contributed by atoms with Gasteiger partial charge in [0.1, 0.15) is 23.0 Å². The number of anilines is 2. The lowest BCUT2D eigenvalue weighted by Gasteiger charge is -2.15. The van der Waals surface area contributed by atoms with Gasteiger partial charge in [0.25, 0.3) is 0 Å². The summed E-state index contributed by atoms with van der Waals surface area (Å²) in [4.78, 5) is 23.8. The van der Waals surface area contributed by atoms with Crippen molar-refractivity contribution < 1.29 is 19.1 Å². The molecule has 6 nitrogen and oxygen atoms in total. The van der Waals surface area contributed by atoms with Gasteiger partial charge in [0.05, 0.1) is 0 Å². The molecule has 3 rings (SSSR count). The maximum Gasteiger partial charge on any atom is 0.226 e. The van der Waals surface area contributed by atoms with E-state index in [2.05, 4.69) is 24.5 Å². The summed E-state index contributed by atoms with van der Waals surface area (Å²) in [6, 6.07) is 20.4. The molecule has 0 saturated heterocycles. The number of hydrogen-bond donors (Lipinski definition) is 2. The Kier molecular flexibility index (Phi) is 8.53. The number of amides is 2. The predicted molar refractivity (Wildman–Crippen MR) is 140 cm³/mol. The molecule has 0 saturated carbocycles. The lowest BCUT2D eigenvalue weighted by atomic mass is 10.0. The third kappa shape index (κ3) is 7.60. The highest BCUT2D eigenvalue weighted by atomic mass is 16.5. The van der Waals surface area contributed by atoms with Gasteiger partial charge in [-0.3, -0.25) is 9.59 Å². The SMILES string of the molecule is CC(C)C(=O)Nc1ccc(Oc2cc(Oc3ccc(NC(=O)C(C)C)cc3)cc(C(C)C)c2)cc1. The van der Waals surface area contributed by atoms with Crippen molar-refractivity contribution in [2.45, 2.75) is 47.5 Å². The van der Waals surface area contributed by atoms with E-state index < -0.39 is 0 Å². The number of carbonyl (C=O) groups is 2. The van der Waals surface area contributed by atoms with Gasteiger partial charge in [0, 0.05) is 29.3 Å². The van der Waals surface area contributed by atoms with Gasteiger partial charge in [-0.1, -0.05) is 41.5 Å². The van der Waals surface area contributed by atoms with E-state index in [9.17, 15) is 9.59 Å². The molecule has 184 valence electrons. The van der Waals surface area contributed by atoms with Gasteiger partial charge in [0.2, 0.25) is 11.8 Å². The van der Waals surface area contributed by atoms with Crippen molar-refractivity contribution in [1.82, 2.24) is 0 Å². The maximum atomic E-state index is 11.9. The van der Waals surface area contributed by atoms with Gasteiger partial charge in [-0.25, -0.2) is 0 Å². The molecule has 0 spiro atoms. The number of hydrogen-bond acceptors (Lipinski definition) is 4. The molecular formula is C29H34N2O4. The van der Waals surface area contributed by atoms with Crippen LogP contribution in [0.1, 0.15) is 53.0 Å². The average Bonchev–Trinajstić information content (AvgIpc) is 2.81. The van der Waals surface area contributed by atoms with Crippen LogP contribution in [0.3, 0.4) is 0 Å². The molecule has 0 aliphatic carbocycles.